The van der Waals surface area contributed by atoms with Crippen LogP contribution in [0.2, 0.25) is 0 Å². The lowest BCUT2D eigenvalue weighted by molar-refractivity contribution is -0.130. The molecule has 5 nitrogen and oxygen atoms in total. The van der Waals surface area contributed by atoms with Crippen molar-refractivity contribution in [1.29, 1.82) is 0 Å². The van der Waals surface area contributed by atoms with Crippen LogP contribution in [0.1, 0.15) is 31.7 Å². The molecule has 2 heterocycles. The van der Waals surface area contributed by atoms with E-state index < -0.39 is 10.0 Å². The van der Waals surface area contributed by atoms with Crippen LogP contribution in [0.25, 0.3) is 0 Å². The minimum absolute atomic E-state index is 0.00658. The third-order valence-electron chi connectivity index (χ3n) is 3.73. The number of amides is 1. The molecule has 0 bridgehead atoms. The van der Waals surface area contributed by atoms with E-state index >= 15 is 0 Å². The molecular formula is C13H20N2O3S2. The highest BCUT2D eigenvalue weighted by Crippen LogP contribution is 2.32. The Balaban J connectivity index is 1.94. The molecule has 0 aliphatic carbocycles. The SMILES string of the molecule is CCS(=O)(=O)NCC(=O)N1CC(c2ccsc2)CC1C. The number of carbonyl (C=O) groups is 1. The molecule has 1 aromatic rings. The number of thiophene rings is 1. The van der Waals surface area contributed by atoms with Crippen molar-refractivity contribution in [2.24, 2.45) is 0 Å². The molecular weight excluding hydrogens is 296 g/mol. The Labute approximate surface area is 124 Å². The summed E-state index contributed by atoms with van der Waals surface area (Å²) in [5.41, 5.74) is 1.27. The van der Waals surface area contributed by atoms with Crippen molar-refractivity contribution in [2.45, 2.75) is 32.2 Å². The van der Waals surface area contributed by atoms with Gasteiger partial charge in [0.2, 0.25) is 15.9 Å². The molecule has 112 valence electrons. The Hall–Kier alpha value is -0.920. The predicted octanol–water partition coefficient (Wildman–Crippen LogP) is 1.39. The van der Waals surface area contributed by atoms with E-state index in [2.05, 4.69) is 16.2 Å². The highest BCUT2D eigenvalue weighted by molar-refractivity contribution is 7.89. The lowest BCUT2D eigenvalue weighted by Crippen LogP contribution is -2.42. The highest BCUT2D eigenvalue weighted by atomic mass is 32.2. The molecule has 1 aliphatic heterocycles. The van der Waals surface area contributed by atoms with Gasteiger partial charge in [-0.05, 0) is 42.7 Å². The van der Waals surface area contributed by atoms with Crippen molar-refractivity contribution in [1.82, 2.24) is 9.62 Å². The quantitative estimate of drug-likeness (QED) is 0.893. The summed E-state index contributed by atoms with van der Waals surface area (Å²) < 4.78 is 25.1. The van der Waals surface area contributed by atoms with E-state index in [9.17, 15) is 13.2 Å². The van der Waals surface area contributed by atoms with Crippen LogP contribution in [0.15, 0.2) is 16.8 Å². The Bertz CT molecular complexity index is 554. The van der Waals surface area contributed by atoms with Gasteiger partial charge in [0, 0.05) is 18.5 Å². The monoisotopic (exact) mass is 316 g/mol. The Kier molecular flexibility index (Phi) is 4.82. The summed E-state index contributed by atoms with van der Waals surface area (Å²) in [6.45, 7) is 4.10. The van der Waals surface area contributed by atoms with E-state index in [1.807, 2.05) is 12.3 Å². The maximum Gasteiger partial charge on any atom is 0.237 e. The van der Waals surface area contributed by atoms with Gasteiger partial charge in [-0.3, -0.25) is 4.79 Å². The van der Waals surface area contributed by atoms with Gasteiger partial charge in [-0.1, -0.05) is 0 Å². The van der Waals surface area contributed by atoms with Gasteiger partial charge in [0.15, 0.2) is 0 Å². The average Bonchev–Trinajstić information content (AvgIpc) is 3.05. The first-order chi connectivity index (χ1) is 9.43. The number of nitrogens with one attached hydrogen (secondary N) is 1. The van der Waals surface area contributed by atoms with Crippen LogP contribution in [0.4, 0.5) is 0 Å². The highest BCUT2D eigenvalue weighted by Gasteiger charge is 2.33. The fourth-order valence-electron chi connectivity index (χ4n) is 2.50. The first kappa shape index (κ1) is 15.5. The summed E-state index contributed by atoms with van der Waals surface area (Å²) in [6, 6.07) is 2.24. The van der Waals surface area contributed by atoms with Crippen LogP contribution in [0.3, 0.4) is 0 Å². The molecule has 0 spiro atoms. The minimum atomic E-state index is -3.31. The number of sulfonamides is 1. The zero-order valence-electron chi connectivity index (χ0n) is 11.7. The minimum Gasteiger partial charge on any atom is -0.338 e. The number of rotatable bonds is 5. The standard InChI is InChI=1S/C13H20N2O3S2/c1-3-20(17,18)14-7-13(16)15-8-12(6-10(15)2)11-4-5-19-9-11/h4-5,9-10,12,14H,3,6-8H2,1-2H3. The Morgan fingerprint density at radius 2 is 2.30 bits per heavy atom. The van der Waals surface area contributed by atoms with E-state index in [4.69, 9.17) is 0 Å². The molecule has 7 heteroatoms. The van der Waals surface area contributed by atoms with Gasteiger partial charge in [0.05, 0.1) is 12.3 Å². The van der Waals surface area contributed by atoms with Crippen LogP contribution in [0.5, 0.6) is 0 Å². The van der Waals surface area contributed by atoms with E-state index in [0.717, 1.165) is 6.42 Å². The predicted molar refractivity (Wildman–Crippen MR) is 80.3 cm³/mol. The molecule has 1 aromatic heterocycles. The van der Waals surface area contributed by atoms with Gasteiger partial charge in [-0.15, -0.1) is 0 Å². The lowest BCUT2D eigenvalue weighted by Gasteiger charge is -2.21. The molecule has 20 heavy (non-hydrogen) atoms. The van der Waals surface area contributed by atoms with E-state index in [1.54, 1.807) is 23.2 Å². The first-order valence-electron chi connectivity index (χ1n) is 6.72. The summed E-state index contributed by atoms with van der Waals surface area (Å²) in [4.78, 5) is 13.9. The van der Waals surface area contributed by atoms with Crippen molar-refractivity contribution in [3.63, 3.8) is 0 Å². The Morgan fingerprint density at radius 3 is 2.90 bits per heavy atom. The lowest BCUT2D eigenvalue weighted by atomic mass is 10.00. The van der Waals surface area contributed by atoms with Crippen molar-refractivity contribution in [3.8, 4) is 0 Å². The second-order valence-corrected chi connectivity index (χ2v) is 7.98. The second kappa shape index (κ2) is 6.24. The second-order valence-electron chi connectivity index (χ2n) is 5.11. The molecule has 1 fully saturated rings. The van der Waals surface area contributed by atoms with Gasteiger partial charge in [-0.2, -0.15) is 11.3 Å². The largest absolute Gasteiger partial charge is 0.338 e. The smallest absolute Gasteiger partial charge is 0.237 e. The number of likely N-dealkylation sites (tertiary alicyclic amines) is 1. The molecule has 0 saturated carbocycles. The summed E-state index contributed by atoms with van der Waals surface area (Å²) in [5, 5.41) is 4.16. The summed E-state index contributed by atoms with van der Waals surface area (Å²) in [7, 11) is -3.31. The van der Waals surface area contributed by atoms with Crippen LogP contribution >= 0.6 is 11.3 Å². The van der Waals surface area contributed by atoms with Crippen molar-refractivity contribution >= 4 is 27.3 Å². The molecule has 1 aliphatic rings. The van der Waals surface area contributed by atoms with Gasteiger partial charge in [0.1, 0.15) is 0 Å². The van der Waals surface area contributed by atoms with Crippen LogP contribution in [0, 0.1) is 0 Å². The molecule has 1 saturated heterocycles. The van der Waals surface area contributed by atoms with Crippen LogP contribution in [-0.4, -0.2) is 44.1 Å². The molecule has 1 N–H and O–H groups in total. The number of nitrogens with zero attached hydrogens (tertiary/aromatic N) is 1. The summed E-state index contributed by atoms with van der Waals surface area (Å²) in [6.07, 6.45) is 0.934. The molecule has 2 atom stereocenters. The van der Waals surface area contributed by atoms with Gasteiger partial charge < -0.3 is 4.90 Å². The van der Waals surface area contributed by atoms with E-state index in [-0.39, 0.29) is 24.2 Å². The van der Waals surface area contributed by atoms with Crippen molar-refractivity contribution < 1.29 is 13.2 Å². The van der Waals surface area contributed by atoms with E-state index in [0.29, 0.717) is 12.5 Å². The molecule has 2 unspecified atom stereocenters. The Morgan fingerprint density at radius 1 is 1.55 bits per heavy atom. The number of hydrogen-bond acceptors (Lipinski definition) is 4. The fraction of sp³-hybridized carbons (Fsp3) is 0.615. The fourth-order valence-corrected chi connectivity index (χ4v) is 3.79. The van der Waals surface area contributed by atoms with Crippen LogP contribution in [-0.2, 0) is 14.8 Å². The van der Waals surface area contributed by atoms with Gasteiger partial charge >= 0.3 is 0 Å². The van der Waals surface area contributed by atoms with Gasteiger partial charge in [0.25, 0.3) is 0 Å². The molecule has 2 rings (SSSR count). The summed E-state index contributed by atoms with van der Waals surface area (Å²) >= 11 is 1.66. The maximum absolute atomic E-state index is 12.1. The van der Waals surface area contributed by atoms with Crippen molar-refractivity contribution in [3.05, 3.63) is 22.4 Å². The van der Waals surface area contributed by atoms with Crippen molar-refractivity contribution in [2.75, 3.05) is 18.8 Å². The van der Waals surface area contributed by atoms with E-state index in [1.165, 1.54) is 5.56 Å². The number of hydrogen-bond donors (Lipinski definition) is 1. The number of carbonyl (C=O) groups excluding carboxylic acids is 1. The molecule has 1 amide bonds. The zero-order chi connectivity index (χ0) is 14.8. The molecule has 0 radical (unpaired) electrons. The normalized spacial score (nSPS) is 23.2. The third-order valence-corrected chi connectivity index (χ3v) is 5.78. The van der Waals surface area contributed by atoms with Gasteiger partial charge in [-0.25, -0.2) is 13.1 Å². The topological polar surface area (TPSA) is 66.5 Å². The first-order valence-corrected chi connectivity index (χ1v) is 9.31. The summed E-state index contributed by atoms with van der Waals surface area (Å²) in [5.74, 6) is 0.211. The maximum atomic E-state index is 12.1. The third kappa shape index (κ3) is 3.59. The van der Waals surface area contributed by atoms with Crippen LogP contribution < -0.4 is 4.72 Å². The average molecular weight is 316 g/mol. The molecule has 0 aromatic carbocycles. The zero-order valence-corrected chi connectivity index (χ0v) is 13.3.